The van der Waals surface area contributed by atoms with E-state index in [9.17, 15) is 5.11 Å². The van der Waals surface area contributed by atoms with Gasteiger partial charge in [0.15, 0.2) is 0 Å². The van der Waals surface area contributed by atoms with Gasteiger partial charge in [-0.05, 0) is 42.5 Å². The van der Waals surface area contributed by atoms with Gasteiger partial charge in [-0.15, -0.1) is 0 Å². The molecular formula is C23H22N2O2. The van der Waals surface area contributed by atoms with Gasteiger partial charge in [-0.25, -0.2) is 0 Å². The van der Waals surface area contributed by atoms with Crippen molar-refractivity contribution < 1.29 is 9.52 Å². The van der Waals surface area contributed by atoms with Crippen molar-refractivity contribution in [3.05, 3.63) is 54.9 Å². The molecule has 2 N–H and O–H groups in total. The summed E-state index contributed by atoms with van der Waals surface area (Å²) in [6, 6.07) is 14.3. The third kappa shape index (κ3) is 3.01. The van der Waals surface area contributed by atoms with E-state index in [4.69, 9.17) is 4.42 Å². The van der Waals surface area contributed by atoms with Gasteiger partial charge in [0.2, 0.25) is 0 Å². The quantitative estimate of drug-likeness (QED) is 0.435. The van der Waals surface area contributed by atoms with Crippen LogP contribution in [-0.4, -0.2) is 16.1 Å². The van der Waals surface area contributed by atoms with Gasteiger partial charge in [0.05, 0.1) is 5.69 Å². The number of nitrogens with one attached hydrogen (secondary N) is 1. The second-order valence-corrected chi connectivity index (χ2v) is 7.41. The number of phenolic OH excluding ortho intramolecular Hbond substituents is 1. The number of pyridine rings is 1. The van der Waals surface area contributed by atoms with Gasteiger partial charge in [-0.2, -0.15) is 0 Å². The third-order valence-corrected chi connectivity index (χ3v) is 5.53. The Bertz CT molecular complexity index is 1080. The Morgan fingerprint density at radius 1 is 0.963 bits per heavy atom. The Balaban J connectivity index is 1.60. The fourth-order valence-corrected chi connectivity index (χ4v) is 4.10. The van der Waals surface area contributed by atoms with E-state index in [0.717, 1.165) is 51.6 Å². The van der Waals surface area contributed by atoms with E-state index >= 15 is 0 Å². The Kier molecular flexibility index (Phi) is 3.97. The molecule has 0 amide bonds. The van der Waals surface area contributed by atoms with Crippen LogP contribution in [0.15, 0.2) is 59.3 Å². The van der Waals surface area contributed by atoms with Gasteiger partial charge in [-0.3, -0.25) is 4.98 Å². The van der Waals surface area contributed by atoms with Crippen LogP contribution in [0.5, 0.6) is 5.75 Å². The molecule has 1 saturated carbocycles. The Morgan fingerprint density at radius 3 is 2.67 bits per heavy atom. The van der Waals surface area contributed by atoms with E-state index in [1.54, 1.807) is 12.3 Å². The summed E-state index contributed by atoms with van der Waals surface area (Å²) in [6.45, 7) is 0. The molecule has 0 spiro atoms. The van der Waals surface area contributed by atoms with Gasteiger partial charge < -0.3 is 14.8 Å². The molecule has 0 saturated heterocycles. The van der Waals surface area contributed by atoms with E-state index in [1.807, 2.05) is 42.6 Å². The maximum atomic E-state index is 10.5. The van der Waals surface area contributed by atoms with E-state index < -0.39 is 0 Å². The number of hydrogen-bond donors (Lipinski definition) is 2. The average molecular weight is 358 g/mol. The lowest BCUT2D eigenvalue weighted by Gasteiger charge is -2.24. The zero-order valence-corrected chi connectivity index (χ0v) is 15.1. The molecule has 5 rings (SSSR count). The molecule has 4 nitrogen and oxygen atoms in total. The van der Waals surface area contributed by atoms with Crippen molar-refractivity contribution >= 4 is 27.4 Å². The zero-order chi connectivity index (χ0) is 18.2. The molecule has 136 valence electrons. The Labute approximate surface area is 157 Å². The number of fused-ring (bicyclic) bond motifs is 2. The normalized spacial score (nSPS) is 15.4. The van der Waals surface area contributed by atoms with Crippen LogP contribution >= 0.6 is 0 Å². The molecule has 2 aromatic carbocycles. The second kappa shape index (κ2) is 6.62. The van der Waals surface area contributed by atoms with E-state index in [0.29, 0.717) is 6.04 Å². The van der Waals surface area contributed by atoms with Crippen LogP contribution in [0, 0.1) is 0 Å². The lowest BCUT2D eigenvalue weighted by Crippen LogP contribution is -2.22. The summed E-state index contributed by atoms with van der Waals surface area (Å²) in [6.07, 6.45) is 9.74. The molecule has 2 heterocycles. The minimum Gasteiger partial charge on any atom is -0.506 e. The number of nitrogens with zero attached hydrogens (tertiary/aromatic N) is 1. The standard InChI is InChI=1S/C23H22N2O2/c26-21-10-16-13-24-14-19(23-11-15-6-4-5-9-22(15)27-23)18(16)12-20(21)25-17-7-2-1-3-8-17/h4-6,9-14,17,25-26H,1-3,7-8H2. The molecule has 0 atom stereocenters. The summed E-state index contributed by atoms with van der Waals surface area (Å²) >= 11 is 0. The number of aromatic hydroxyl groups is 1. The number of rotatable bonds is 3. The molecular weight excluding hydrogens is 336 g/mol. The summed E-state index contributed by atoms with van der Waals surface area (Å²) in [4.78, 5) is 4.35. The van der Waals surface area contributed by atoms with E-state index in [1.165, 1.54) is 19.3 Å². The van der Waals surface area contributed by atoms with Gasteiger partial charge in [-0.1, -0.05) is 37.5 Å². The zero-order valence-electron chi connectivity index (χ0n) is 15.1. The fourth-order valence-electron chi connectivity index (χ4n) is 4.10. The lowest BCUT2D eigenvalue weighted by atomic mass is 9.95. The molecule has 1 fully saturated rings. The van der Waals surface area contributed by atoms with Crippen molar-refractivity contribution in [3.8, 4) is 17.1 Å². The van der Waals surface area contributed by atoms with Gasteiger partial charge in [0.25, 0.3) is 0 Å². The summed E-state index contributed by atoms with van der Waals surface area (Å²) in [5, 5.41) is 17.1. The topological polar surface area (TPSA) is 58.3 Å². The van der Waals surface area contributed by atoms with Crippen molar-refractivity contribution in [2.45, 2.75) is 38.1 Å². The summed E-state index contributed by atoms with van der Waals surface area (Å²) in [7, 11) is 0. The second-order valence-electron chi connectivity index (χ2n) is 7.41. The first-order valence-corrected chi connectivity index (χ1v) is 9.64. The molecule has 2 aromatic heterocycles. The maximum absolute atomic E-state index is 10.5. The molecule has 0 radical (unpaired) electrons. The number of para-hydroxylation sites is 1. The summed E-state index contributed by atoms with van der Waals surface area (Å²) < 4.78 is 6.06. The Morgan fingerprint density at radius 2 is 1.81 bits per heavy atom. The largest absolute Gasteiger partial charge is 0.506 e. The highest BCUT2D eigenvalue weighted by Crippen LogP contribution is 2.37. The van der Waals surface area contributed by atoms with E-state index in [2.05, 4.69) is 10.3 Å². The minimum atomic E-state index is 0.275. The van der Waals surface area contributed by atoms with Crippen molar-refractivity contribution in [3.63, 3.8) is 0 Å². The monoisotopic (exact) mass is 358 g/mol. The van der Waals surface area contributed by atoms with Crippen molar-refractivity contribution in [2.75, 3.05) is 5.32 Å². The van der Waals surface area contributed by atoms with E-state index in [-0.39, 0.29) is 5.75 Å². The molecule has 4 aromatic rings. The predicted molar refractivity (Wildman–Crippen MR) is 109 cm³/mol. The lowest BCUT2D eigenvalue weighted by molar-refractivity contribution is 0.453. The SMILES string of the molecule is Oc1cc2cncc(-c3cc4ccccc4o3)c2cc1NC1CCCCC1. The first-order chi connectivity index (χ1) is 13.3. The predicted octanol–water partition coefficient (Wildman–Crippen LogP) is 6.10. The highest BCUT2D eigenvalue weighted by molar-refractivity contribution is 5.99. The van der Waals surface area contributed by atoms with Crippen molar-refractivity contribution in [1.82, 2.24) is 4.98 Å². The number of anilines is 1. The highest BCUT2D eigenvalue weighted by Gasteiger charge is 2.17. The van der Waals surface area contributed by atoms with Crippen LogP contribution in [0.25, 0.3) is 33.1 Å². The molecule has 1 aliphatic rings. The number of benzene rings is 2. The third-order valence-electron chi connectivity index (χ3n) is 5.53. The number of aromatic nitrogens is 1. The fraction of sp³-hybridized carbons (Fsp3) is 0.261. The highest BCUT2D eigenvalue weighted by atomic mass is 16.3. The van der Waals surface area contributed by atoms with Crippen LogP contribution in [-0.2, 0) is 0 Å². The Hall–Kier alpha value is -3.01. The van der Waals surface area contributed by atoms with Crippen molar-refractivity contribution in [1.29, 1.82) is 0 Å². The molecule has 27 heavy (non-hydrogen) atoms. The average Bonchev–Trinajstić information content (AvgIpc) is 3.13. The maximum Gasteiger partial charge on any atom is 0.139 e. The smallest absolute Gasteiger partial charge is 0.139 e. The molecule has 1 aliphatic carbocycles. The van der Waals surface area contributed by atoms with Crippen LogP contribution in [0.4, 0.5) is 5.69 Å². The summed E-state index contributed by atoms with van der Waals surface area (Å²) in [5.74, 6) is 1.07. The van der Waals surface area contributed by atoms with Crippen molar-refractivity contribution in [2.24, 2.45) is 0 Å². The van der Waals surface area contributed by atoms with Gasteiger partial charge in [0, 0.05) is 34.8 Å². The minimum absolute atomic E-state index is 0.275. The molecule has 0 unspecified atom stereocenters. The first-order valence-electron chi connectivity index (χ1n) is 9.64. The molecule has 0 bridgehead atoms. The first kappa shape index (κ1) is 16.2. The van der Waals surface area contributed by atoms with Crippen LogP contribution in [0.1, 0.15) is 32.1 Å². The van der Waals surface area contributed by atoms with Gasteiger partial charge >= 0.3 is 0 Å². The molecule has 4 heteroatoms. The van der Waals surface area contributed by atoms with Crippen LogP contribution in [0.2, 0.25) is 0 Å². The van der Waals surface area contributed by atoms with Crippen LogP contribution in [0.3, 0.4) is 0 Å². The number of phenols is 1. The summed E-state index contributed by atoms with van der Waals surface area (Å²) in [5.41, 5.74) is 2.59. The number of furan rings is 1. The molecule has 0 aliphatic heterocycles. The van der Waals surface area contributed by atoms with Crippen LogP contribution < -0.4 is 5.32 Å². The number of hydrogen-bond acceptors (Lipinski definition) is 4. The van der Waals surface area contributed by atoms with Gasteiger partial charge in [0.1, 0.15) is 17.1 Å².